The van der Waals surface area contributed by atoms with E-state index < -0.39 is 17.7 Å². The molecule has 6 heteroatoms. The third-order valence-electron chi connectivity index (χ3n) is 6.03. The number of hydrogen-bond donors (Lipinski definition) is 1. The van der Waals surface area contributed by atoms with Crippen LogP contribution in [-0.4, -0.2) is 23.9 Å². The summed E-state index contributed by atoms with van der Waals surface area (Å²) >= 11 is 6.01. The Labute approximate surface area is 201 Å². The van der Waals surface area contributed by atoms with Crippen LogP contribution in [0.4, 0.5) is 5.69 Å². The van der Waals surface area contributed by atoms with Gasteiger partial charge in [0.05, 0.1) is 18.7 Å². The first kappa shape index (κ1) is 21.7. The Kier molecular flexibility index (Phi) is 5.56. The summed E-state index contributed by atoms with van der Waals surface area (Å²) in [6.07, 6.45) is 0. The van der Waals surface area contributed by atoms with Gasteiger partial charge in [-0.2, -0.15) is 0 Å². The summed E-state index contributed by atoms with van der Waals surface area (Å²) in [6.45, 7) is 0. The molecule has 1 atom stereocenters. The van der Waals surface area contributed by atoms with Crippen molar-refractivity contribution >= 4 is 45.5 Å². The first-order valence-electron chi connectivity index (χ1n) is 10.7. The Morgan fingerprint density at radius 2 is 1.56 bits per heavy atom. The van der Waals surface area contributed by atoms with E-state index in [0.29, 0.717) is 22.0 Å². The molecule has 1 amide bonds. The number of amides is 1. The van der Waals surface area contributed by atoms with Crippen LogP contribution in [0.2, 0.25) is 5.02 Å². The fourth-order valence-corrected chi connectivity index (χ4v) is 4.51. The Hall–Kier alpha value is -4.09. The lowest BCUT2D eigenvalue weighted by atomic mass is 9.91. The fourth-order valence-electron chi connectivity index (χ4n) is 4.39. The van der Waals surface area contributed by atoms with Crippen LogP contribution in [0.25, 0.3) is 16.5 Å². The highest BCUT2D eigenvalue weighted by molar-refractivity contribution is 6.52. The second-order valence-electron chi connectivity index (χ2n) is 7.94. The van der Waals surface area contributed by atoms with Crippen LogP contribution in [0.5, 0.6) is 5.75 Å². The van der Waals surface area contributed by atoms with Gasteiger partial charge in [-0.3, -0.25) is 14.5 Å². The van der Waals surface area contributed by atoms with Crippen molar-refractivity contribution < 1.29 is 19.4 Å². The predicted molar refractivity (Wildman–Crippen MR) is 133 cm³/mol. The molecule has 1 fully saturated rings. The van der Waals surface area contributed by atoms with E-state index in [1.165, 1.54) is 4.90 Å². The van der Waals surface area contributed by atoms with Gasteiger partial charge in [-0.1, -0.05) is 54.1 Å². The predicted octanol–water partition coefficient (Wildman–Crippen LogP) is 6.13. The van der Waals surface area contributed by atoms with Gasteiger partial charge in [0, 0.05) is 16.3 Å². The van der Waals surface area contributed by atoms with Gasteiger partial charge in [-0.15, -0.1) is 0 Å². The zero-order valence-electron chi connectivity index (χ0n) is 18.2. The standard InChI is InChI=1S/C28H20ClNO4/c1-34-21-15-13-20(14-16-21)30-25(23-8-4-6-17-5-2-3-7-22(17)23)24(27(32)28(30)33)26(31)18-9-11-19(29)12-10-18/h2-16,25,31H,1H3/b26-24-. The Balaban J connectivity index is 1.78. The number of ether oxygens (including phenoxy) is 1. The summed E-state index contributed by atoms with van der Waals surface area (Å²) in [5.74, 6) is -1.08. The minimum absolute atomic E-state index is 0.0273. The molecule has 0 aliphatic carbocycles. The highest BCUT2D eigenvalue weighted by Gasteiger charge is 2.47. The van der Waals surface area contributed by atoms with E-state index in [1.54, 1.807) is 55.6 Å². The van der Waals surface area contributed by atoms with Gasteiger partial charge < -0.3 is 9.84 Å². The first-order valence-corrected chi connectivity index (χ1v) is 11.1. The van der Waals surface area contributed by atoms with Crippen molar-refractivity contribution in [1.29, 1.82) is 0 Å². The second-order valence-corrected chi connectivity index (χ2v) is 8.38. The van der Waals surface area contributed by atoms with E-state index in [9.17, 15) is 14.7 Å². The van der Waals surface area contributed by atoms with E-state index in [4.69, 9.17) is 16.3 Å². The topological polar surface area (TPSA) is 66.8 Å². The van der Waals surface area contributed by atoms with Crippen LogP contribution in [0.1, 0.15) is 17.2 Å². The molecule has 34 heavy (non-hydrogen) atoms. The molecule has 168 valence electrons. The van der Waals surface area contributed by atoms with Gasteiger partial charge in [-0.25, -0.2) is 0 Å². The number of anilines is 1. The lowest BCUT2D eigenvalue weighted by Crippen LogP contribution is -2.29. The molecule has 1 N–H and O–H groups in total. The van der Waals surface area contributed by atoms with E-state index in [-0.39, 0.29) is 11.3 Å². The van der Waals surface area contributed by atoms with Crippen LogP contribution in [0, 0.1) is 0 Å². The van der Waals surface area contributed by atoms with Gasteiger partial charge >= 0.3 is 0 Å². The molecular formula is C28H20ClNO4. The van der Waals surface area contributed by atoms with E-state index in [1.807, 2.05) is 42.5 Å². The number of nitrogens with zero attached hydrogens (tertiary/aromatic N) is 1. The average molecular weight is 470 g/mol. The minimum atomic E-state index is -0.824. The monoisotopic (exact) mass is 469 g/mol. The van der Waals surface area contributed by atoms with Crippen LogP contribution in [0.3, 0.4) is 0 Å². The number of aliphatic hydroxyl groups excluding tert-OH is 1. The molecule has 4 aromatic rings. The number of aliphatic hydroxyl groups is 1. The number of halogens is 1. The summed E-state index contributed by atoms with van der Waals surface area (Å²) < 4.78 is 5.25. The third-order valence-corrected chi connectivity index (χ3v) is 6.28. The molecular weight excluding hydrogens is 450 g/mol. The van der Waals surface area contributed by atoms with Crippen molar-refractivity contribution in [2.75, 3.05) is 12.0 Å². The molecule has 1 aliphatic rings. The summed E-state index contributed by atoms with van der Waals surface area (Å²) in [4.78, 5) is 28.1. The lowest BCUT2D eigenvalue weighted by molar-refractivity contribution is -0.132. The molecule has 1 saturated heterocycles. The number of rotatable bonds is 4. The molecule has 0 radical (unpaired) electrons. The van der Waals surface area contributed by atoms with Gasteiger partial charge in [-0.05, 0) is 64.9 Å². The highest BCUT2D eigenvalue weighted by Crippen LogP contribution is 2.44. The smallest absolute Gasteiger partial charge is 0.300 e. The molecule has 1 heterocycles. The quantitative estimate of drug-likeness (QED) is 0.222. The van der Waals surface area contributed by atoms with Gasteiger partial charge in [0.15, 0.2) is 0 Å². The molecule has 5 rings (SSSR count). The highest BCUT2D eigenvalue weighted by atomic mass is 35.5. The largest absolute Gasteiger partial charge is 0.507 e. The maximum absolute atomic E-state index is 13.4. The summed E-state index contributed by atoms with van der Waals surface area (Å²) in [7, 11) is 1.56. The maximum Gasteiger partial charge on any atom is 0.300 e. The molecule has 0 aromatic heterocycles. The van der Waals surface area contributed by atoms with Crippen LogP contribution in [-0.2, 0) is 9.59 Å². The molecule has 1 unspecified atom stereocenters. The minimum Gasteiger partial charge on any atom is -0.507 e. The van der Waals surface area contributed by atoms with Crippen molar-refractivity contribution in [3.8, 4) is 5.75 Å². The normalized spacial score (nSPS) is 17.4. The Morgan fingerprint density at radius 1 is 0.882 bits per heavy atom. The third kappa shape index (κ3) is 3.60. The number of Topliss-reactive ketones (excluding diaryl/α,β-unsaturated/α-hetero) is 1. The van der Waals surface area contributed by atoms with E-state index >= 15 is 0 Å². The Bertz CT molecular complexity index is 1440. The number of fused-ring (bicyclic) bond motifs is 1. The van der Waals surface area contributed by atoms with Gasteiger partial charge in [0.25, 0.3) is 11.7 Å². The zero-order chi connectivity index (χ0) is 23.8. The fraction of sp³-hybridized carbons (Fsp3) is 0.0714. The van der Waals surface area contributed by atoms with Crippen molar-refractivity contribution in [1.82, 2.24) is 0 Å². The number of hydrogen-bond acceptors (Lipinski definition) is 4. The van der Waals surface area contributed by atoms with Gasteiger partial charge in [0.2, 0.25) is 0 Å². The number of methoxy groups -OCH3 is 1. The Morgan fingerprint density at radius 3 is 2.26 bits per heavy atom. The molecule has 0 bridgehead atoms. The SMILES string of the molecule is COc1ccc(N2C(=O)C(=O)/C(=C(\O)c3ccc(Cl)cc3)C2c2cccc3ccccc23)cc1. The first-order chi connectivity index (χ1) is 16.5. The molecule has 1 aliphatic heterocycles. The van der Waals surface area contributed by atoms with Crippen LogP contribution in [0.15, 0.2) is 96.6 Å². The van der Waals surface area contributed by atoms with E-state index in [2.05, 4.69) is 0 Å². The molecule has 5 nitrogen and oxygen atoms in total. The molecule has 0 spiro atoms. The van der Waals surface area contributed by atoms with Gasteiger partial charge in [0.1, 0.15) is 11.5 Å². The summed E-state index contributed by atoms with van der Waals surface area (Å²) in [6, 6.07) is 26.1. The lowest BCUT2D eigenvalue weighted by Gasteiger charge is -2.26. The van der Waals surface area contributed by atoms with Crippen molar-refractivity contribution in [2.24, 2.45) is 0 Å². The summed E-state index contributed by atoms with van der Waals surface area (Å²) in [5, 5.41) is 13.6. The maximum atomic E-state index is 13.4. The molecule has 0 saturated carbocycles. The van der Waals surface area contributed by atoms with E-state index in [0.717, 1.165) is 16.3 Å². The molecule has 4 aromatic carbocycles. The van der Waals surface area contributed by atoms with Crippen molar-refractivity contribution in [3.63, 3.8) is 0 Å². The average Bonchev–Trinajstić information content (AvgIpc) is 3.14. The number of benzene rings is 4. The second kappa shape index (κ2) is 8.69. The van der Waals surface area contributed by atoms with Crippen molar-refractivity contribution in [3.05, 3.63) is 113 Å². The number of carbonyl (C=O) groups is 2. The van der Waals surface area contributed by atoms with Crippen LogP contribution < -0.4 is 9.64 Å². The van der Waals surface area contributed by atoms with Crippen LogP contribution >= 0.6 is 11.6 Å². The zero-order valence-corrected chi connectivity index (χ0v) is 19.0. The van der Waals surface area contributed by atoms with Crippen molar-refractivity contribution in [2.45, 2.75) is 6.04 Å². The number of ketones is 1. The number of carbonyl (C=O) groups excluding carboxylic acids is 2. The summed E-state index contributed by atoms with van der Waals surface area (Å²) in [5.41, 5.74) is 1.70.